The summed E-state index contributed by atoms with van der Waals surface area (Å²) in [6.45, 7) is 7.81. The Morgan fingerprint density at radius 2 is 1.60 bits per heavy atom. The molecule has 1 heterocycles. The third-order valence-corrected chi connectivity index (χ3v) is 6.47. The SMILES string of the molecule is Cc1ccc(NC(=O)Nc2ccc(N3CCCCC3)c(C(=O)NC(C)c3ccccc3)c2)c(C)c1. The number of benzene rings is 3. The maximum atomic E-state index is 13.4. The number of amides is 3. The number of carbonyl (C=O) groups excluding carboxylic acids is 2. The number of carbonyl (C=O) groups is 2. The van der Waals surface area contributed by atoms with Gasteiger partial charge < -0.3 is 20.9 Å². The van der Waals surface area contributed by atoms with Crippen LogP contribution in [0, 0.1) is 13.8 Å². The van der Waals surface area contributed by atoms with E-state index in [1.165, 1.54) is 6.42 Å². The van der Waals surface area contributed by atoms with Crippen molar-refractivity contribution in [3.63, 3.8) is 0 Å². The predicted molar refractivity (Wildman–Crippen MR) is 143 cm³/mol. The Kier molecular flexibility index (Phi) is 7.70. The van der Waals surface area contributed by atoms with Gasteiger partial charge in [0.1, 0.15) is 0 Å². The molecule has 6 nitrogen and oxygen atoms in total. The number of hydrogen-bond donors (Lipinski definition) is 3. The van der Waals surface area contributed by atoms with Gasteiger partial charge in [0.2, 0.25) is 0 Å². The van der Waals surface area contributed by atoms with Crippen LogP contribution in [-0.4, -0.2) is 25.0 Å². The topological polar surface area (TPSA) is 73.5 Å². The average molecular weight is 471 g/mol. The van der Waals surface area contributed by atoms with Crippen LogP contribution in [0.4, 0.5) is 21.9 Å². The van der Waals surface area contributed by atoms with Crippen LogP contribution in [0.1, 0.15) is 59.3 Å². The molecule has 1 fully saturated rings. The summed E-state index contributed by atoms with van der Waals surface area (Å²) in [6.07, 6.45) is 3.43. The van der Waals surface area contributed by atoms with E-state index in [4.69, 9.17) is 0 Å². The van der Waals surface area contributed by atoms with E-state index in [0.717, 1.165) is 54.0 Å². The Labute approximate surface area is 207 Å². The average Bonchev–Trinajstić information content (AvgIpc) is 2.86. The van der Waals surface area contributed by atoms with Crippen molar-refractivity contribution in [2.75, 3.05) is 28.6 Å². The molecule has 0 saturated carbocycles. The van der Waals surface area contributed by atoms with Crippen molar-refractivity contribution >= 4 is 29.0 Å². The molecule has 1 aliphatic heterocycles. The Hall–Kier alpha value is -3.80. The molecule has 3 aromatic carbocycles. The van der Waals surface area contributed by atoms with Gasteiger partial charge in [0, 0.05) is 30.2 Å². The first-order valence-corrected chi connectivity index (χ1v) is 12.3. The second-order valence-corrected chi connectivity index (χ2v) is 9.28. The third kappa shape index (κ3) is 6.21. The lowest BCUT2D eigenvalue weighted by Gasteiger charge is -2.31. The summed E-state index contributed by atoms with van der Waals surface area (Å²) in [7, 11) is 0. The maximum Gasteiger partial charge on any atom is 0.323 e. The maximum absolute atomic E-state index is 13.4. The molecule has 3 amide bonds. The van der Waals surface area contributed by atoms with E-state index in [1.54, 1.807) is 6.07 Å². The van der Waals surface area contributed by atoms with Gasteiger partial charge in [0.25, 0.3) is 5.91 Å². The first kappa shape index (κ1) is 24.3. The smallest absolute Gasteiger partial charge is 0.323 e. The van der Waals surface area contributed by atoms with Crippen molar-refractivity contribution in [3.05, 3.63) is 89.0 Å². The highest BCUT2D eigenvalue weighted by Gasteiger charge is 2.21. The zero-order valence-corrected chi connectivity index (χ0v) is 20.7. The molecule has 1 atom stereocenters. The summed E-state index contributed by atoms with van der Waals surface area (Å²) in [6, 6.07) is 20.9. The van der Waals surface area contributed by atoms with Gasteiger partial charge in [0.05, 0.1) is 11.6 Å². The minimum absolute atomic E-state index is 0.137. The van der Waals surface area contributed by atoms with Gasteiger partial charge in [-0.2, -0.15) is 0 Å². The number of aryl methyl sites for hydroxylation is 2. The quantitative estimate of drug-likeness (QED) is 0.389. The molecule has 35 heavy (non-hydrogen) atoms. The first-order valence-electron chi connectivity index (χ1n) is 12.3. The van der Waals surface area contributed by atoms with Crippen LogP contribution >= 0.6 is 0 Å². The molecular formula is C29H34N4O2. The molecule has 6 heteroatoms. The van der Waals surface area contributed by atoms with Gasteiger partial charge in [-0.3, -0.25) is 4.79 Å². The minimum atomic E-state index is -0.341. The Bertz CT molecular complexity index is 1190. The van der Waals surface area contributed by atoms with Crippen molar-refractivity contribution in [2.24, 2.45) is 0 Å². The first-order chi connectivity index (χ1) is 16.9. The molecule has 0 bridgehead atoms. The van der Waals surface area contributed by atoms with Crippen molar-refractivity contribution < 1.29 is 9.59 Å². The number of urea groups is 1. The summed E-state index contributed by atoms with van der Waals surface area (Å²) in [4.78, 5) is 28.4. The summed E-state index contributed by atoms with van der Waals surface area (Å²) in [5, 5.41) is 8.93. The third-order valence-electron chi connectivity index (χ3n) is 6.47. The molecule has 1 unspecified atom stereocenters. The van der Waals surface area contributed by atoms with E-state index >= 15 is 0 Å². The van der Waals surface area contributed by atoms with E-state index in [1.807, 2.05) is 81.4 Å². The van der Waals surface area contributed by atoms with E-state index in [9.17, 15) is 9.59 Å². The van der Waals surface area contributed by atoms with Crippen LogP contribution in [-0.2, 0) is 0 Å². The van der Waals surface area contributed by atoms with Gasteiger partial charge >= 0.3 is 6.03 Å². The number of anilines is 3. The molecule has 0 radical (unpaired) electrons. The lowest BCUT2D eigenvalue weighted by molar-refractivity contribution is 0.0940. The highest BCUT2D eigenvalue weighted by atomic mass is 16.2. The zero-order chi connectivity index (χ0) is 24.8. The molecule has 3 N–H and O–H groups in total. The number of nitrogens with one attached hydrogen (secondary N) is 3. The normalized spacial score (nSPS) is 14.2. The van der Waals surface area contributed by atoms with Crippen molar-refractivity contribution in [1.29, 1.82) is 0 Å². The Balaban J connectivity index is 1.55. The second-order valence-electron chi connectivity index (χ2n) is 9.28. The van der Waals surface area contributed by atoms with Gasteiger partial charge in [0.15, 0.2) is 0 Å². The van der Waals surface area contributed by atoms with Crippen molar-refractivity contribution in [3.8, 4) is 0 Å². The van der Waals surface area contributed by atoms with Crippen LogP contribution in [0.5, 0.6) is 0 Å². The molecular weight excluding hydrogens is 436 g/mol. The number of rotatable bonds is 6. The largest absolute Gasteiger partial charge is 0.371 e. The molecule has 182 valence electrons. The standard InChI is InChI=1S/C29H34N4O2/c1-20-12-14-26(21(2)18-20)32-29(35)31-24-13-15-27(33-16-8-5-9-17-33)25(19-24)28(34)30-22(3)23-10-6-4-7-11-23/h4,6-7,10-15,18-19,22H,5,8-9,16-17H2,1-3H3,(H,30,34)(H2,31,32,35). The van der Waals surface area contributed by atoms with Gasteiger partial charge in [-0.05, 0) is 75.4 Å². The van der Waals surface area contributed by atoms with E-state index in [-0.39, 0.29) is 18.0 Å². The summed E-state index contributed by atoms with van der Waals surface area (Å²) >= 11 is 0. The number of nitrogens with zero attached hydrogens (tertiary/aromatic N) is 1. The fourth-order valence-electron chi connectivity index (χ4n) is 4.54. The summed E-state index contributed by atoms with van der Waals surface area (Å²) < 4.78 is 0. The zero-order valence-electron chi connectivity index (χ0n) is 20.7. The monoisotopic (exact) mass is 470 g/mol. The van der Waals surface area contributed by atoms with Crippen LogP contribution in [0.3, 0.4) is 0 Å². The lowest BCUT2D eigenvalue weighted by Crippen LogP contribution is -2.33. The summed E-state index contributed by atoms with van der Waals surface area (Å²) in [5.74, 6) is -0.152. The van der Waals surface area contributed by atoms with Crippen LogP contribution in [0.25, 0.3) is 0 Å². The summed E-state index contributed by atoms with van der Waals surface area (Å²) in [5.41, 5.74) is 5.99. The highest BCUT2D eigenvalue weighted by molar-refractivity contribution is 6.04. The molecule has 4 rings (SSSR count). The molecule has 0 aliphatic carbocycles. The van der Waals surface area contributed by atoms with Gasteiger partial charge in [-0.25, -0.2) is 4.79 Å². The molecule has 1 saturated heterocycles. The molecule has 0 spiro atoms. The number of piperidine rings is 1. The highest BCUT2D eigenvalue weighted by Crippen LogP contribution is 2.28. The Morgan fingerprint density at radius 3 is 2.31 bits per heavy atom. The van der Waals surface area contributed by atoms with Crippen molar-refractivity contribution in [1.82, 2.24) is 5.32 Å². The van der Waals surface area contributed by atoms with Gasteiger partial charge in [-0.15, -0.1) is 0 Å². The van der Waals surface area contributed by atoms with Gasteiger partial charge in [-0.1, -0.05) is 48.0 Å². The van der Waals surface area contributed by atoms with Crippen LogP contribution < -0.4 is 20.9 Å². The molecule has 3 aromatic rings. The molecule has 1 aliphatic rings. The Morgan fingerprint density at radius 1 is 0.857 bits per heavy atom. The van der Waals surface area contributed by atoms with E-state index < -0.39 is 0 Å². The fraction of sp³-hybridized carbons (Fsp3) is 0.310. The number of hydrogen-bond acceptors (Lipinski definition) is 3. The molecule has 0 aromatic heterocycles. The van der Waals surface area contributed by atoms with Crippen LogP contribution in [0.15, 0.2) is 66.7 Å². The van der Waals surface area contributed by atoms with E-state index in [2.05, 4.69) is 20.9 Å². The van der Waals surface area contributed by atoms with Crippen molar-refractivity contribution in [2.45, 2.75) is 46.1 Å². The lowest BCUT2D eigenvalue weighted by atomic mass is 10.0. The van der Waals surface area contributed by atoms with E-state index in [0.29, 0.717) is 11.3 Å². The predicted octanol–water partition coefficient (Wildman–Crippen LogP) is 6.43. The minimum Gasteiger partial charge on any atom is -0.371 e. The second kappa shape index (κ2) is 11.1. The van der Waals surface area contributed by atoms with Crippen LogP contribution in [0.2, 0.25) is 0 Å². The fourth-order valence-corrected chi connectivity index (χ4v) is 4.54.